The van der Waals surface area contributed by atoms with E-state index in [2.05, 4.69) is 10.3 Å². The van der Waals surface area contributed by atoms with E-state index >= 15 is 0 Å². The summed E-state index contributed by atoms with van der Waals surface area (Å²) in [6, 6.07) is 9.62. The molecule has 0 bridgehead atoms. The third-order valence-electron chi connectivity index (χ3n) is 2.50. The Kier molecular flexibility index (Phi) is 3.58. The first kappa shape index (κ1) is 12.5. The summed E-state index contributed by atoms with van der Waals surface area (Å²) >= 11 is 5.79. The monoisotopic (exact) mass is 264 g/mol. The van der Waals surface area contributed by atoms with Crippen molar-refractivity contribution in [2.24, 2.45) is 0 Å². The minimum Gasteiger partial charge on any atom is -0.508 e. The number of pyridine rings is 1. The van der Waals surface area contributed by atoms with E-state index < -0.39 is 0 Å². The smallest absolute Gasteiger partial charge is 0.131 e. The molecule has 18 heavy (non-hydrogen) atoms. The molecule has 0 radical (unpaired) electrons. The summed E-state index contributed by atoms with van der Waals surface area (Å²) < 4.78 is 0. The lowest BCUT2D eigenvalue weighted by Crippen LogP contribution is -2.07. The molecule has 2 rings (SSSR count). The minimum absolute atomic E-state index is 0.0257. The van der Waals surface area contributed by atoms with Crippen LogP contribution >= 0.6 is 11.6 Å². The Morgan fingerprint density at radius 2 is 1.83 bits per heavy atom. The topological polar surface area (TPSA) is 65.4 Å². The van der Waals surface area contributed by atoms with Crippen molar-refractivity contribution in [1.82, 2.24) is 4.98 Å². The zero-order valence-corrected chi connectivity index (χ0v) is 10.5. The third kappa shape index (κ3) is 3.05. The molecule has 3 N–H and O–H groups in total. The van der Waals surface area contributed by atoms with Gasteiger partial charge in [0.25, 0.3) is 0 Å². The molecule has 1 unspecified atom stereocenters. The van der Waals surface area contributed by atoms with Crippen LogP contribution in [0.25, 0.3) is 0 Å². The normalized spacial score (nSPS) is 12.1. The molecule has 94 valence electrons. The number of phenolic OH excluding ortho intramolecular Hbond substituents is 2. The number of aromatic hydroxyl groups is 2. The number of anilines is 1. The van der Waals surface area contributed by atoms with Gasteiger partial charge in [0.15, 0.2) is 0 Å². The van der Waals surface area contributed by atoms with Crippen LogP contribution in [0.5, 0.6) is 11.5 Å². The number of phenols is 2. The first-order chi connectivity index (χ1) is 8.54. The summed E-state index contributed by atoms with van der Waals surface area (Å²) in [7, 11) is 0. The standard InChI is InChI=1S/C13H13ClN2O2/c1-8(9-5-10(17)7-11(18)6-9)15-13-4-2-3-12(14)16-13/h2-8,17-18H,1H3,(H,15,16). The lowest BCUT2D eigenvalue weighted by molar-refractivity contribution is 0.448. The number of hydrogen-bond donors (Lipinski definition) is 3. The van der Waals surface area contributed by atoms with Crippen LogP contribution in [0, 0.1) is 0 Å². The van der Waals surface area contributed by atoms with Gasteiger partial charge in [0.05, 0.1) is 6.04 Å². The lowest BCUT2D eigenvalue weighted by Gasteiger charge is -2.15. The Labute approximate surface area is 110 Å². The molecule has 1 heterocycles. The largest absolute Gasteiger partial charge is 0.508 e. The number of nitrogens with one attached hydrogen (secondary N) is 1. The van der Waals surface area contributed by atoms with E-state index in [1.54, 1.807) is 30.3 Å². The zero-order valence-electron chi connectivity index (χ0n) is 9.76. The van der Waals surface area contributed by atoms with Gasteiger partial charge in [-0.2, -0.15) is 0 Å². The third-order valence-corrected chi connectivity index (χ3v) is 2.71. The predicted octanol–water partition coefficient (Wildman–Crippen LogP) is 3.32. The van der Waals surface area contributed by atoms with E-state index in [1.165, 1.54) is 6.07 Å². The summed E-state index contributed by atoms with van der Waals surface area (Å²) in [5.41, 5.74) is 0.759. The highest BCUT2D eigenvalue weighted by Crippen LogP contribution is 2.26. The number of nitrogens with zero attached hydrogens (tertiary/aromatic N) is 1. The van der Waals surface area contributed by atoms with E-state index in [-0.39, 0.29) is 17.5 Å². The fraction of sp³-hybridized carbons (Fsp3) is 0.154. The fourth-order valence-electron chi connectivity index (χ4n) is 1.66. The van der Waals surface area contributed by atoms with E-state index in [0.29, 0.717) is 11.0 Å². The van der Waals surface area contributed by atoms with Crippen LogP contribution in [-0.2, 0) is 0 Å². The van der Waals surface area contributed by atoms with Crippen molar-refractivity contribution in [1.29, 1.82) is 0 Å². The van der Waals surface area contributed by atoms with E-state index in [1.807, 2.05) is 6.92 Å². The fourth-order valence-corrected chi connectivity index (χ4v) is 1.83. The maximum Gasteiger partial charge on any atom is 0.131 e. The maximum absolute atomic E-state index is 9.43. The lowest BCUT2D eigenvalue weighted by atomic mass is 10.1. The quantitative estimate of drug-likeness (QED) is 0.744. The Morgan fingerprint density at radius 1 is 1.17 bits per heavy atom. The first-order valence-corrected chi connectivity index (χ1v) is 5.84. The van der Waals surface area contributed by atoms with E-state index in [4.69, 9.17) is 11.6 Å². The molecule has 4 nitrogen and oxygen atoms in total. The molecule has 0 aliphatic heterocycles. The molecule has 0 fully saturated rings. The Hall–Kier alpha value is -1.94. The zero-order chi connectivity index (χ0) is 13.1. The number of halogens is 1. The molecule has 0 amide bonds. The molecule has 0 aliphatic carbocycles. The van der Waals surface area contributed by atoms with Crippen LogP contribution in [-0.4, -0.2) is 15.2 Å². The van der Waals surface area contributed by atoms with Gasteiger partial charge in [0.1, 0.15) is 22.5 Å². The molecule has 1 atom stereocenters. The summed E-state index contributed by atoms with van der Waals surface area (Å²) in [6.45, 7) is 1.90. The van der Waals surface area contributed by atoms with Crippen LogP contribution in [0.15, 0.2) is 36.4 Å². The molecule has 0 aliphatic rings. The van der Waals surface area contributed by atoms with E-state index in [9.17, 15) is 10.2 Å². The second-order valence-electron chi connectivity index (χ2n) is 3.99. The van der Waals surface area contributed by atoms with Gasteiger partial charge < -0.3 is 15.5 Å². The van der Waals surface area contributed by atoms with Crippen molar-refractivity contribution in [3.05, 3.63) is 47.1 Å². The van der Waals surface area contributed by atoms with Gasteiger partial charge in [-0.3, -0.25) is 0 Å². The molecular weight excluding hydrogens is 252 g/mol. The molecular formula is C13H13ClN2O2. The van der Waals surface area contributed by atoms with Gasteiger partial charge in [-0.05, 0) is 36.8 Å². The predicted molar refractivity (Wildman–Crippen MR) is 71.1 cm³/mol. The molecule has 0 saturated heterocycles. The number of aromatic nitrogens is 1. The van der Waals surface area contributed by atoms with Crippen molar-refractivity contribution in [3.63, 3.8) is 0 Å². The van der Waals surface area contributed by atoms with Crippen LogP contribution in [0.1, 0.15) is 18.5 Å². The highest BCUT2D eigenvalue weighted by molar-refractivity contribution is 6.29. The molecule has 0 spiro atoms. The van der Waals surface area contributed by atoms with Gasteiger partial charge in [0, 0.05) is 6.07 Å². The SMILES string of the molecule is CC(Nc1cccc(Cl)n1)c1cc(O)cc(O)c1. The van der Waals surface area contributed by atoms with Gasteiger partial charge in [-0.15, -0.1) is 0 Å². The average molecular weight is 265 g/mol. The molecule has 1 aromatic heterocycles. The summed E-state index contributed by atoms with van der Waals surface area (Å²) in [5.74, 6) is 0.688. The summed E-state index contributed by atoms with van der Waals surface area (Å²) in [4.78, 5) is 4.11. The molecule has 1 aromatic carbocycles. The highest BCUT2D eigenvalue weighted by Gasteiger charge is 2.08. The van der Waals surface area contributed by atoms with Gasteiger partial charge in [-0.1, -0.05) is 17.7 Å². The van der Waals surface area contributed by atoms with Crippen molar-refractivity contribution in [3.8, 4) is 11.5 Å². The maximum atomic E-state index is 9.43. The molecule has 2 aromatic rings. The summed E-state index contributed by atoms with van der Waals surface area (Å²) in [5, 5.41) is 22.4. The minimum atomic E-state index is -0.117. The second-order valence-corrected chi connectivity index (χ2v) is 4.38. The van der Waals surface area contributed by atoms with Gasteiger partial charge in [-0.25, -0.2) is 4.98 Å². The van der Waals surface area contributed by atoms with Crippen molar-refractivity contribution in [2.45, 2.75) is 13.0 Å². The van der Waals surface area contributed by atoms with Crippen LogP contribution in [0.4, 0.5) is 5.82 Å². The average Bonchev–Trinajstić information content (AvgIpc) is 2.27. The number of hydrogen-bond acceptors (Lipinski definition) is 4. The Bertz CT molecular complexity index is 540. The van der Waals surface area contributed by atoms with Gasteiger partial charge in [0.2, 0.25) is 0 Å². The van der Waals surface area contributed by atoms with Crippen LogP contribution in [0.2, 0.25) is 5.15 Å². The van der Waals surface area contributed by atoms with Crippen LogP contribution in [0.3, 0.4) is 0 Å². The number of benzene rings is 1. The first-order valence-electron chi connectivity index (χ1n) is 5.46. The Balaban J connectivity index is 2.19. The van der Waals surface area contributed by atoms with E-state index in [0.717, 1.165) is 5.56 Å². The molecule has 0 saturated carbocycles. The summed E-state index contributed by atoms with van der Waals surface area (Å²) in [6.07, 6.45) is 0. The number of rotatable bonds is 3. The van der Waals surface area contributed by atoms with Crippen LogP contribution < -0.4 is 5.32 Å². The van der Waals surface area contributed by atoms with Crippen molar-refractivity contribution < 1.29 is 10.2 Å². The second kappa shape index (κ2) is 5.14. The molecule has 5 heteroatoms. The van der Waals surface area contributed by atoms with Crippen molar-refractivity contribution in [2.75, 3.05) is 5.32 Å². The Morgan fingerprint density at radius 3 is 2.44 bits per heavy atom. The highest BCUT2D eigenvalue weighted by atomic mass is 35.5. The van der Waals surface area contributed by atoms with Crippen molar-refractivity contribution >= 4 is 17.4 Å². The van der Waals surface area contributed by atoms with Gasteiger partial charge >= 0.3 is 0 Å².